The first kappa shape index (κ1) is 44.5. The molecular formula is C40H64O10S2. The quantitative estimate of drug-likeness (QED) is 0.186. The number of rotatable bonds is 18. The van der Waals surface area contributed by atoms with Crippen molar-refractivity contribution in [2.45, 2.75) is 126 Å². The number of hydrogen-bond acceptors (Lipinski definition) is 10. The highest BCUT2D eigenvalue weighted by molar-refractivity contribution is 7.91. The van der Waals surface area contributed by atoms with Crippen molar-refractivity contribution in [3.8, 4) is 0 Å². The summed E-state index contributed by atoms with van der Waals surface area (Å²) in [6.07, 6.45) is 2.31. The number of benzene rings is 2. The van der Waals surface area contributed by atoms with Crippen LogP contribution in [0.1, 0.15) is 73.6 Å². The molecule has 0 spiro atoms. The van der Waals surface area contributed by atoms with Crippen LogP contribution in [-0.2, 0) is 38.6 Å². The van der Waals surface area contributed by atoms with Crippen LogP contribution in [-0.4, -0.2) is 102 Å². The van der Waals surface area contributed by atoms with E-state index in [1.807, 2.05) is 26.8 Å². The molecule has 0 amide bonds. The van der Waals surface area contributed by atoms with E-state index in [1.54, 1.807) is 68.8 Å². The van der Waals surface area contributed by atoms with E-state index in [4.69, 9.17) is 24.1 Å². The second kappa shape index (κ2) is 20.7. The molecule has 0 bridgehead atoms. The van der Waals surface area contributed by atoms with Crippen LogP contribution < -0.4 is 0 Å². The minimum atomic E-state index is -3.44. The van der Waals surface area contributed by atoms with Gasteiger partial charge in [-0.2, -0.15) is 0 Å². The summed E-state index contributed by atoms with van der Waals surface area (Å²) in [5, 5.41) is 18.9. The van der Waals surface area contributed by atoms with Crippen LogP contribution in [0.15, 0.2) is 70.5 Å². The third-order valence-corrected chi connectivity index (χ3v) is 14.8. The summed E-state index contributed by atoms with van der Waals surface area (Å²) in [7, 11) is -3.47. The van der Waals surface area contributed by atoms with Crippen LogP contribution >= 0.6 is 0 Å². The molecule has 10 nitrogen and oxygen atoms in total. The lowest BCUT2D eigenvalue weighted by Gasteiger charge is -2.23. The SMILES string of the molecule is CC[C@@H](C)C[C@H]1O[C@@H](CC(C)OC)[C@H](CS(=O)(=O)c2ccccc2)[C@H]1C.COC(C)C[C@@H]1O[C@H](C[C@H](O)CO)[C@H](C)[C@H]1CS(=O)(=O)c1ccccc1. The van der Waals surface area contributed by atoms with E-state index in [1.165, 1.54) is 0 Å². The zero-order chi connectivity index (χ0) is 38.6. The summed E-state index contributed by atoms with van der Waals surface area (Å²) in [6, 6.07) is 17.2. The van der Waals surface area contributed by atoms with Gasteiger partial charge < -0.3 is 29.2 Å². The molecule has 2 aliphatic rings. The largest absolute Gasteiger partial charge is 0.394 e. The Morgan fingerprint density at radius 2 is 1.04 bits per heavy atom. The van der Waals surface area contributed by atoms with E-state index in [9.17, 15) is 21.9 Å². The number of ether oxygens (including phenoxy) is 4. The summed E-state index contributed by atoms with van der Waals surface area (Å²) < 4.78 is 74.8. The Labute approximate surface area is 313 Å². The minimum Gasteiger partial charge on any atom is -0.394 e. The Balaban J connectivity index is 0.000000280. The van der Waals surface area contributed by atoms with Crippen molar-refractivity contribution in [2.75, 3.05) is 32.3 Å². The van der Waals surface area contributed by atoms with Gasteiger partial charge in [0.15, 0.2) is 19.7 Å². The molecule has 0 aromatic heterocycles. The molecule has 2 heterocycles. The fourth-order valence-electron chi connectivity index (χ4n) is 7.35. The standard InChI is InChI=1S/C21H34O4S.C19H30O6S/c1-6-15(2)12-20-17(4)19(21(25-20)13-16(3)24-5)14-26(22,23)18-10-8-7-9-11-18;1-13(24-3)9-19-17(14(2)18(25-19)10-15(21)11-20)12-26(22,23)16-7-5-4-6-8-16/h7-11,15-17,19-21H,6,12-14H2,1-5H3;4-8,13-15,17-21H,9-12H2,1-3H3/t15-,16?,17-,19-,20-,21+;13?,14-,15+,17-,18-,19+/m11/s1. The lowest BCUT2D eigenvalue weighted by Crippen LogP contribution is -2.31. The molecule has 296 valence electrons. The van der Waals surface area contributed by atoms with Crippen LogP contribution in [0.3, 0.4) is 0 Å². The molecule has 0 saturated carbocycles. The number of hydrogen-bond donors (Lipinski definition) is 2. The van der Waals surface area contributed by atoms with Crippen molar-refractivity contribution >= 4 is 19.7 Å². The van der Waals surface area contributed by atoms with Crippen molar-refractivity contribution < 1.29 is 46.0 Å². The molecule has 0 radical (unpaired) electrons. The fourth-order valence-corrected chi connectivity index (χ4v) is 10.9. The summed E-state index contributed by atoms with van der Waals surface area (Å²) in [6.45, 7) is 12.1. The molecule has 2 unspecified atom stereocenters. The van der Waals surface area contributed by atoms with E-state index < -0.39 is 25.8 Å². The van der Waals surface area contributed by atoms with Gasteiger partial charge in [0.2, 0.25) is 0 Å². The molecule has 2 saturated heterocycles. The molecule has 4 rings (SSSR count). The van der Waals surface area contributed by atoms with E-state index in [-0.39, 0.29) is 84.8 Å². The molecule has 2 aromatic carbocycles. The average molecular weight is 769 g/mol. The number of methoxy groups -OCH3 is 2. The van der Waals surface area contributed by atoms with Crippen molar-refractivity contribution in [3.63, 3.8) is 0 Å². The van der Waals surface area contributed by atoms with Crippen LogP contribution in [0.2, 0.25) is 0 Å². The number of aliphatic hydroxyl groups excluding tert-OH is 2. The van der Waals surface area contributed by atoms with Crippen LogP contribution in [0.25, 0.3) is 0 Å². The predicted molar refractivity (Wildman–Crippen MR) is 204 cm³/mol. The van der Waals surface area contributed by atoms with Gasteiger partial charge in [0.1, 0.15) is 0 Å². The molecule has 2 aliphatic heterocycles. The number of aliphatic hydroxyl groups is 2. The third-order valence-electron chi connectivity index (χ3n) is 11.2. The van der Waals surface area contributed by atoms with Crippen LogP contribution in [0, 0.1) is 29.6 Å². The highest BCUT2D eigenvalue weighted by atomic mass is 32.2. The summed E-state index contributed by atoms with van der Waals surface area (Å²) in [5.41, 5.74) is 0. The Hall–Kier alpha value is -1.90. The number of sulfone groups is 2. The van der Waals surface area contributed by atoms with Gasteiger partial charge in [-0.05, 0) is 75.1 Å². The van der Waals surface area contributed by atoms with Crippen molar-refractivity contribution in [3.05, 3.63) is 60.7 Å². The van der Waals surface area contributed by atoms with Gasteiger partial charge in [0.25, 0.3) is 0 Å². The molecular weight excluding hydrogens is 705 g/mol. The van der Waals surface area contributed by atoms with Gasteiger partial charge in [-0.25, -0.2) is 16.8 Å². The maximum absolute atomic E-state index is 12.9. The van der Waals surface area contributed by atoms with E-state index >= 15 is 0 Å². The minimum absolute atomic E-state index is 0.00753. The molecule has 12 heteroatoms. The lowest BCUT2D eigenvalue weighted by molar-refractivity contribution is -0.0309. The first-order valence-corrected chi connectivity index (χ1v) is 22.1. The Morgan fingerprint density at radius 3 is 1.38 bits per heavy atom. The fraction of sp³-hybridized carbons (Fsp3) is 0.700. The molecule has 52 heavy (non-hydrogen) atoms. The van der Waals surface area contributed by atoms with Crippen molar-refractivity contribution in [1.29, 1.82) is 0 Å². The van der Waals surface area contributed by atoms with E-state index in [0.29, 0.717) is 22.1 Å². The van der Waals surface area contributed by atoms with Crippen molar-refractivity contribution in [2.24, 2.45) is 29.6 Å². The molecule has 2 aromatic rings. The van der Waals surface area contributed by atoms with Crippen molar-refractivity contribution in [1.82, 2.24) is 0 Å². The monoisotopic (exact) mass is 768 g/mol. The normalized spacial score (nSPS) is 28.8. The molecule has 2 N–H and O–H groups in total. The summed E-state index contributed by atoms with van der Waals surface area (Å²) in [4.78, 5) is 0.709. The van der Waals surface area contributed by atoms with Crippen LogP contribution in [0.4, 0.5) is 0 Å². The van der Waals surface area contributed by atoms with E-state index in [2.05, 4.69) is 20.8 Å². The summed E-state index contributed by atoms with van der Waals surface area (Å²) in [5.74, 6) is 0.662. The van der Waals surface area contributed by atoms with Gasteiger partial charge in [0.05, 0.1) is 70.6 Å². The highest BCUT2D eigenvalue weighted by Gasteiger charge is 2.46. The third kappa shape index (κ3) is 12.6. The Bertz CT molecular complexity index is 1410. The predicted octanol–water partition coefficient (Wildman–Crippen LogP) is 5.99. The second-order valence-corrected chi connectivity index (χ2v) is 19.1. The lowest BCUT2D eigenvalue weighted by atomic mass is 9.85. The smallest absolute Gasteiger partial charge is 0.178 e. The van der Waals surface area contributed by atoms with Gasteiger partial charge in [-0.1, -0.05) is 70.5 Å². The second-order valence-electron chi connectivity index (χ2n) is 15.0. The van der Waals surface area contributed by atoms with Gasteiger partial charge in [0, 0.05) is 32.5 Å². The van der Waals surface area contributed by atoms with Gasteiger partial charge in [-0.15, -0.1) is 0 Å². The molecule has 12 atom stereocenters. The molecule has 0 aliphatic carbocycles. The maximum Gasteiger partial charge on any atom is 0.178 e. The van der Waals surface area contributed by atoms with Gasteiger partial charge >= 0.3 is 0 Å². The maximum atomic E-state index is 12.9. The Kier molecular flexibility index (Phi) is 17.7. The van der Waals surface area contributed by atoms with Gasteiger partial charge in [-0.3, -0.25) is 0 Å². The highest BCUT2D eigenvalue weighted by Crippen LogP contribution is 2.41. The zero-order valence-corrected chi connectivity index (χ0v) is 34.0. The zero-order valence-electron chi connectivity index (χ0n) is 32.3. The van der Waals surface area contributed by atoms with Crippen LogP contribution in [0.5, 0.6) is 0 Å². The first-order valence-electron chi connectivity index (χ1n) is 18.8. The molecule has 2 fully saturated rings. The summed E-state index contributed by atoms with van der Waals surface area (Å²) >= 11 is 0. The topological polar surface area (TPSA) is 146 Å². The van der Waals surface area contributed by atoms with E-state index in [0.717, 1.165) is 19.3 Å². The Morgan fingerprint density at radius 1 is 0.654 bits per heavy atom. The first-order chi connectivity index (χ1) is 24.6. The average Bonchev–Trinajstić information content (AvgIpc) is 3.57.